The molecule has 0 radical (unpaired) electrons. The zero-order chi connectivity index (χ0) is 17.9. The molecule has 4 aromatic rings. The number of hydrogen-bond donors (Lipinski definition) is 0. The fourth-order valence-corrected chi connectivity index (χ4v) is 4.24. The molecule has 0 amide bonds. The van der Waals surface area contributed by atoms with E-state index >= 15 is 0 Å². The lowest BCUT2D eigenvalue weighted by atomic mass is 10.1. The standard InChI is InChI=1S/C21H17BrN2OS/c22-17-10-8-16(9-11-17)18-13-26-20-19(18)21(25)24(14-23-20)12-4-7-15-5-2-1-3-6-15/h1-3,5-6,8-11,13-14H,4,7,12H2. The largest absolute Gasteiger partial charge is 0.299 e. The van der Waals surface area contributed by atoms with Gasteiger partial charge in [-0.1, -0.05) is 58.4 Å². The van der Waals surface area contributed by atoms with E-state index in [0.717, 1.165) is 38.7 Å². The van der Waals surface area contributed by atoms with Crippen LogP contribution in [0.25, 0.3) is 21.3 Å². The summed E-state index contributed by atoms with van der Waals surface area (Å²) in [5, 5.41) is 2.75. The molecule has 2 aromatic heterocycles. The number of rotatable bonds is 5. The van der Waals surface area contributed by atoms with Crippen LogP contribution in [0.15, 0.2) is 75.6 Å². The second-order valence-electron chi connectivity index (χ2n) is 6.17. The lowest BCUT2D eigenvalue weighted by molar-refractivity contribution is 0.618. The van der Waals surface area contributed by atoms with Crippen LogP contribution in [0.4, 0.5) is 0 Å². The predicted molar refractivity (Wildman–Crippen MR) is 112 cm³/mol. The number of aryl methyl sites for hydroxylation is 2. The Bertz CT molecular complexity index is 1080. The first-order valence-electron chi connectivity index (χ1n) is 8.49. The van der Waals surface area contributed by atoms with Crippen molar-refractivity contribution in [2.75, 3.05) is 0 Å². The van der Waals surface area contributed by atoms with E-state index in [4.69, 9.17) is 0 Å². The molecule has 3 nitrogen and oxygen atoms in total. The number of halogens is 1. The summed E-state index contributed by atoms with van der Waals surface area (Å²) in [6.07, 6.45) is 3.54. The summed E-state index contributed by atoms with van der Waals surface area (Å²) in [6.45, 7) is 0.673. The van der Waals surface area contributed by atoms with Crippen LogP contribution in [-0.2, 0) is 13.0 Å². The van der Waals surface area contributed by atoms with Crippen LogP contribution in [0.2, 0.25) is 0 Å². The molecule has 0 aliphatic carbocycles. The number of fused-ring (bicyclic) bond motifs is 1. The minimum Gasteiger partial charge on any atom is -0.299 e. The van der Waals surface area contributed by atoms with Crippen molar-refractivity contribution in [3.8, 4) is 11.1 Å². The smallest absolute Gasteiger partial charge is 0.262 e. The van der Waals surface area contributed by atoms with Gasteiger partial charge in [-0.3, -0.25) is 9.36 Å². The van der Waals surface area contributed by atoms with E-state index < -0.39 is 0 Å². The van der Waals surface area contributed by atoms with Crippen molar-refractivity contribution in [3.05, 3.63) is 86.7 Å². The molecule has 0 aliphatic rings. The van der Waals surface area contributed by atoms with Crippen LogP contribution in [0.5, 0.6) is 0 Å². The summed E-state index contributed by atoms with van der Waals surface area (Å²) < 4.78 is 2.76. The summed E-state index contributed by atoms with van der Waals surface area (Å²) in [5.74, 6) is 0. The Balaban J connectivity index is 1.62. The summed E-state index contributed by atoms with van der Waals surface area (Å²) in [6, 6.07) is 18.4. The molecule has 2 heterocycles. The first-order valence-corrected chi connectivity index (χ1v) is 10.2. The Morgan fingerprint density at radius 2 is 1.81 bits per heavy atom. The van der Waals surface area contributed by atoms with Gasteiger partial charge in [0, 0.05) is 22.0 Å². The molecule has 0 aliphatic heterocycles. The summed E-state index contributed by atoms with van der Waals surface area (Å²) in [7, 11) is 0. The zero-order valence-electron chi connectivity index (χ0n) is 14.1. The zero-order valence-corrected chi connectivity index (χ0v) is 16.5. The van der Waals surface area contributed by atoms with Gasteiger partial charge in [-0.15, -0.1) is 11.3 Å². The van der Waals surface area contributed by atoms with Crippen molar-refractivity contribution >= 4 is 37.5 Å². The van der Waals surface area contributed by atoms with E-state index in [1.54, 1.807) is 10.9 Å². The van der Waals surface area contributed by atoms with Crippen LogP contribution < -0.4 is 5.56 Å². The van der Waals surface area contributed by atoms with Crippen molar-refractivity contribution in [3.63, 3.8) is 0 Å². The third-order valence-electron chi connectivity index (χ3n) is 4.42. The second kappa shape index (κ2) is 7.56. The van der Waals surface area contributed by atoms with Crippen molar-refractivity contribution in [1.29, 1.82) is 0 Å². The Morgan fingerprint density at radius 1 is 1.04 bits per heavy atom. The average molecular weight is 425 g/mol. The molecule has 2 aromatic carbocycles. The summed E-state index contributed by atoms with van der Waals surface area (Å²) in [5.41, 5.74) is 3.34. The van der Waals surface area contributed by atoms with E-state index in [0.29, 0.717) is 6.54 Å². The van der Waals surface area contributed by atoms with Gasteiger partial charge in [0.2, 0.25) is 0 Å². The van der Waals surface area contributed by atoms with Gasteiger partial charge in [0.05, 0.1) is 11.7 Å². The van der Waals surface area contributed by atoms with Crippen molar-refractivity contribution in [2.45, 2.75) is 19.4 Å². The van der Waals surface area contributed by atoms with E-state index in [2.05, 4.69) is 33.0 Å². The van der Waals surface area contributed by atoms with E-state index in [1.807, 2.05) is 47.8 Å². The maximum Gasteiger partial charge on any atom is 0.262 e. The maximum absolute atomic E-state index is 13.0. The van der Waals surface area contributed by atoms with Gasteiger partial charge in [0.15, 0.2) is 0 Å². The maximum atomic E-state index is 13.0. The molecule has 0 spiro atoms. The molecule has 0 bridgehead atoms. The highest BCUT2D eigenvalue weighted by Gasteiger charge is 2.13. The van der Waals surface area contributed by atoms with Crippen molar-refractivity contribution in [2.24, 2.45) is 0 Å². The highest BCUT2D eigenvalue weighted by Crippen LogP contribution is 2.31. The number of nitrogens with zero attached hydrogens (tertiary/aromatic N) is 2. The average Bonchev–Trinajstić information content (AvgIpc) is 3.10. The third-order valence-corrected chi connectivity index (χ3v) is 5.84. The normalized spacial score (nSPS) is 11.1. The Labute approximate surface area is 164 Å². The molecular weight excluding hydrogens is 408 g/mol. The first-order chi connectivity index (χ1) is 12.7. The Hall–Kier alpha value is -2.24. The van der Waals surface area contributed by atoms with Crippen LogP contribution in [0.3, 0.4) is 0 Å². The molecule has 0 saturated carbocycles. The molecule has 4 rings (SSSR count). The van der Waals surface area contributed by atoms with Gasteiger partial charge in [-0.2, -0.15) is 0 Å². The molecule has 0 unspecified atom stereocenters. The van der Waals surface area contributed by atoms with Crippen LogP contribution >= 0.6 is 27.3 Å². The Morgan fingerprint density at radius 3 is 2.58 bits per heavy atom. The molecule has 0 saturated heterocycles. The molecule has 5 heteroatoms. The topological polar surface area (TPSA) is 34.9 Å². The van der Waals surface area contributed by atoms with Crippen molar-refractivity contribution in [1.82, 2.24) is 9.55 Å². The van der Waals surface area contributed by atoms with E-state index in [-0.39, 0.29) is 5.56 Å². The van der Waals surface area contributed by atoms with Crippen LogP contribution in [-0.4, -0.2) is 9.55 Å². The highest BCUT2D eigenvalue weighted by molar-refractivity contribution is 9.10. The summed E-state index contributed by atoms with van der Waals surface area (Å²) >= 11 is 4.98. The number of hydrogen-bond acceptors (Lipinski definition) is 3. The fourth-order valence-electron chi connectivity index (χ4n) is 3.07. The van der Waals surface area contributed by atoms with Gasteiger partial charge in [-0.05, 0) is 36.1 Å². The van der Waals surface area contributed by atoms with Gasteiger partial charge >= 0.3 is 0 Å². The van der Waals surface area contributed by atoms with Gasteiger partial charge in [0.1, 0.15) is 4.83 Å². The van der Waals surface area contributed by atoms with E-state index in [1.165, 1.54) is 16.9 Å². The third kappa shape index (κ3) is 3.50. The van der Waals surface area contributed by atoms with Gasteiger partial charge in [-0.25, -0.2) is 4.98 Å². The molecule has 130 valence electrons. The monoisotopic (exact) mass is 424 g/mol. The number of thiophene rings is 1. The SMILES string of the molecule is O=c1c2c(-c3ccc(Br)cc3)csc2ncn1CCCc1ccccc1. The number of aromatic nitrogens is 2. The highest BCUT2D eigenvalue weighted by atomic mass is 79.9. The Kier molecular flexibility index (Phi) is 5.00. The molecule has 26 heavy (non-hydrogen) atoms. The summed E-state index contributed by atoms with van der Waals surface area (Å²) in [4.78, 5) is 18.3. The second-order valence-corrected chi connectivity index (χ2v) is 7.94. The number of benzene rings is 2. The van der Waals surface area contributed by atoms with Gasteiger partial charge in [0.25, 0.3) is 5.56 Å². The molecular formula is C21H17BrN2OS. The quantitative estimate of drug-likeness (QED) is 0.422. The lowest BCUT2D eigenvalue weighted by Crippen LogP contribution is -2.20. The lowest BCUT2D eigenvalue weighted by Gasteiger charge is -2.06. The van der Waals surface area contributed by atoms with Crippen LogP contribution in [0.1, 0.15) is 12.0 Å². The molecule has 0 N–H and O–H groups in total. The molecule has 0 fully saturated rings. The fraction of sp³-hybridized carbons (Fsp3) is 0.143. The minimum absolute atomic E-state index is 0.0437. The minimum atomic E-state index is 0.0437. The molecule has 0 atom stereocenters. The van der Waals surface area contributed by atoms with Crippen LogP contribution in [0, 0.1) is 0 Å². The van der Waals surface area contributed by atoms with Crippen molar-refractivity contribution < 1.29 is 0 Å². The van der Waals surface area contributed by atoms with E-state index in [9.17, 15) is 4.79 Å². The predicted octanol–water partition coefficient (Wildman–Crippen LogP) is 5.52. The first kappa shape index (κ1) is 17.2. The van der Waals surface area contributed by atoms with Gasteiger partial charge < -0.3 is 0 Å².